The summed E-state index contributed by atoms with van der Waals surface area (Å²) in [4.78, 5) is 38.3. The molecule has 1 saturated carbocycles. The lowest BCUT2D eigenvalue weighted by molar-refractivity contribution is -0.136. The molecule has 2 fully saturated rings. The van der Waals surface area contributed by atoms with Crippen LogP contribution in [0.1, 0.15) is 44.6 Å². The van der Waals surface area contributed by atoms with Gasteiger partial charge in [0.05, 0.1) is 0 Å². The molecule has 25 heavy (non-hydrogen) atoms. The highest BCUT2D eigenvalue weighted by atomic mass is 16.2. The molecule has 2 aliphatic rings. The summed E-state index contributed by atoms with van der Waals surface area (Å²) in [5.74, 6) is -0.463. The maximum absolute atomic E-state index is 12.8. The Morgan fingerprint density at radius 2 is 1.88 bits per heavy atom. The Hall–Kier alpha value is -2.37. The van der Waals surface area contributed by atoms with Gasteiger partial charge in [0.1, 0.15) is 12.1 Å². The van der Waals surface area contributed by atoms with Crippen molar-refractivity contribution in [2.24, 2.45) is 5.92 Å². The van der Waals surface area contributed by atoms with Crippen molar-refractivity contribution in [3.05, 3.63) is 35.9 Å². The largest absolute Gasteiger partial charge is 0.350 e. The van der Waals surface area contributed by atoms with Crippen molar-refractivity contribution in [1.82, 2.24) is 15.5 Å². The minimum absolute atomic E-state index is 0.148. The smallest absolute Gasteiger partial charge is 0.325 e. The van der Waals surface area contributed by atoms with Gasteiger partial charge in [0.15, 0.2) is 0 Å². The van der Waals surface area contributed by atoms with Crippen LogP contribution in [0.15, 0.2) is 30.3 Å². The summed E-state index contributed by atoms with van der Waals surface area (Å²) in [6.07, 6.45) is 5.23. The zero-order chi connectivity index (χ0) is 17.9. The zero-order valence-electron chi connectivity index (χ0n) is 14.6. The van der Waals surface area contributed by atoms with Crippen molar-refractivity contribution in [2.45, 2.75) is 51.1 Å². The monoisotopic (exact) mass is 343 g/mol. The summed E-state index contributed by atoms with van der Waals surface area (Å²) >= 11 is 0. The number of urea groups is 1. The highest BCUT2D eigenvalue weighted by molar-refractivity contribution is 6.09. The van der Waals surface area contributed by atoms with Crippen LogP contribution in [-0.4, -0.2) is 34.8 Å². The molecule has 0 unspecified atom stereocenters. The maximum Gasteiger partial charge on any atom is 0.325 e. The molecule has 0 spiro atoms. The maximum atomic E-state index is 12.8. The SMILES string of the molecule is C[C@@]1(C2CCCCC2)NC(=O)N(CC(=O)NCc2ccccc2)C1=O. The van der Waals surface area contributed by atoms with Gasteiger partial charge in [-0.05, 0) is 31.2 Å². The lowest BCUT2D eigenvalue weighted by Crippen LogP contribution is -2.51. The minimum atomic E-state index is -0.878. The molecule has 1 aromatic carbocycles. The van der Waals surface area contributed by atoms with E-state index >= 15 is 0 Å². The number of hydrogen-bond donors (Lipinski definition) is 2. The molecule has 4 amide bonds. The molecule has 0 radical (unpaired) electrons. The first-order valence-corrected chi connectivity index (χ1v) is 8.95. The highest BCUT2D eigenvalue weighted by Crippen LogP contribution is 2.36. The number of carbonyl (C=O) groups excluding carboxylic acids is 3. The molecule has 3 rings (SSSR count). The number of carbonyl (C=O) groups is 3. The lowest BCUT2D eigenvalue weighted by atomic mass is 9.75. The molecule has 6 heteroatoms. The number of amides is 4. The van der Waals surface area contributed by atoms with E-state index in [0.717, 1.165) is 36.1 Å². The van der Waals surface area contributed by atoms with Crippen molar-refractivity contribution >= 4 is 17.8 Å². The lowest BCUT2D eigenvalue weighted by Gasteiger charge is -2.34. The van der Waals surface area contributed by atoms with Crippen LogP contribution in [0.4, 0.5) is 4.79 Å². The van der Waals surface area contributed by atoms with Crippen molar-refractivity contribution in [2.75, 3.05) is 6.54 Å². The van der Waals surface area contributed by atoms with Crippen LogP contribution in [0.25, 0.3) is 0 Å². The summed E-state index contributed by atoms with van der Waals surface area (Å²) in [6.45, 7) is 1.94. The van der Waals surface area contributed by atoms with Gasteiger partial charge in [-0.1, -0.05) is 49.6 Å². The van der Waals surface area contributed by atoms with Gasteiger partial charge in [0.25, 0.3) is 5.91 Å². The molecular weight excluding hydrogens is 318 g/mol. The van der Waals surface area contributed by atoms with E-state index in [9.17, 15) is 14.4 Å². The summed E-state index contributed by atoms with van der Waals surface area (Å²) in [6, 6.07) is 9.06. The number of hydrogen-bond acceptors (Lipinski definition) is 3. The second-order valence-corrected chi connectivity index (χ2v) is 7.12. The van der Waals surface area contributed by atoms with Gasteiger partial charge in [-0.3, -0.25) is 14.5 Å². The fourth-order valence-corrected chi connectivity index (χ4v) is 3.81. The predicted molar refractivity (Wildman–Crippen MR) is 93.5 cm³/mol. The van der Waals surface area contributed by atoms with Crippen LogP contribution >= 0.6 is 0 Å². The summed E-state index contributed by atoms with van der Waals surface area (Å²) in [5, 5.41) is 5.60. The Morgan fingerprint density at radius 1 is 1.20 bits per heavy atom. The minimum Gasteiger partial charge on any atom is -0.350 e. The standard InChI is InChI=1S/C19H25N3O3/c1-19(15-10-6-3-7-11-15)17(24)22(18(25)21-19)13-16(23)20-12-14-8-4-2-5-9-14/h2,4-5,8-9,15H,3,6-7,10-13H2,1H3,(H,20,23)(H,21,25)/t19-/m0/s1. The molecule has 1 heterocycles. The predicted octanol–water partition coefficient (Wildman–Crippen LogP) is 2.19. The van der Waals surface area contributed by atoms with E-state index in [0.29, 0.717) is 6.54 Å². The first-order valence-electron chi connectivity index (χ1n) is 8.95. The van der Waals surface area contributed by atoms with E-state index in [1.807, 2.05) is 30.3 Å². The van der Waals surface area contributed by atoms with Crippen molar-refractivity contribution in [1.29, 1.82) is 0 Å². The molecule has 134 valence electrons. The average Bonchev–Trinajstić information content (AvgIpc) is 2.86. The van der Waals surface area contributed by atoms with E-state index in [-0.39, 0.29) is 24.3 Å². The second-order valence-electron chi connectivity index (χ2n) is 7.12. The first-order chi connectivity index (χ1) is 12.0. The molecule has 1 saturated heterocycles. The molecule has 1 aliphatic heterocycles. The van der Waals surface area contributed by atoms with Crippen molar-refractivity contribution < 1.29 is 14.4 Å². The van der Waals surface area contributed by atoms with Crippen LogP contribution in [0.2, 0.25) is 0 Å². The Bertz CT molecular complexity index is 655. The molecule has 0 aromatic heterocycles. The second kappa shape index (κ2) is 7.25. The summed E-state index contributed by atoms with van der Waals surface area (Å²) in [5.41, 5.74) is 0.0945. The van der Waals surface area contributed by atoms with Crippen molar-refractivity contribution in [3.63, 3.8) is 0 Å². The molecule has 6 nitrogen and oxygen atoms in total. The summed E-state index contributed by atoms with van der Waals surface area (Å²) in [7, 11) is 0. The van der Waals surface area contributed by atoms with E-state index in [1.54, 1.807) is 6.92 Å². The van der Waals surface area contributed by atoms with Gasteiger partial charge >= 0.3 is 6.03 Å². The fraction of sp³-hybridized carbons (Fsp3) is 0.526. The Labute approximate surface area is 148 Å². The van der Waals surface area contributed by atoms with E-state index in [1.165, 1.54) is 6.42 Å². The molecule has 1 atom stereocenters. The van der Waals surface area contributed by atoms with Gasteiger partial charge in [0.2, 0.25) is 5.91 Å². The topological polar surface area (TPSA) is 78.5 Å². The fourth-order valence-electron chi connectivity index (χ4n) is 3.81. The molecule has 2 N–H and O–H groups in total. The van der Waals surface area contributed by atoms with Crippen LogP contribution in [-0.2, 0) is 16.1 Å². The normalized spacial score (nSPS) is 24.3. The zero-order valence-corrected chi connectivity index (χ0v) is 14.6. The summed E-state index contributed by atoms with van der Waals surface area (Å²) < 4.78 is 0. The Kier molecular flexibility index (Phi) is 5.06. The van der Waals surface area contributed by atoms with Gasteiger partial charge in [-0.25, -0.2) is 4.79 Å². The van der Waals surface area contributed by atoms with Crippen LogP contribution in [0, 0.1) is 5.92 Å². The molecule has 1 aliphatic carbocycles. The van der Waals surface area contributed by atoms with Crippen LogP contribution in [0.3, 0.4) is 0 Å². The van der Waals surface area contributed by atoms with Gasteiger partial charge in [-0.15, -0.1) is 0 Å². The van der Waals surface area contributed by atoms with E-state index in [2.05, 4.69) is 10.6 Å². The number of imide groups is 1. The number of benzene rings is 1. The Balaban J connectivity index is 1.59. The number of nitrogens with zero attached hydrogens (tertiary/aromatic N) is 1. The Morgan fingerprint density at radius 3 is 2.56 bits per heavy atom. The highest BCUT2D eigenvalue weighted by Gasteiger charge is 2.52. The first kappa shape index (κ1) is 17.5. The van der Waals surface area contributed by atoms with E-state index < -0.39 is 11.6 Å². The third kappa shape index (κ3) is 3.67. The van der Waals surface area contributed by atoms with Crippen LogP contribution in [0.5, 0.6) is 0 Å². The molecule has 0 bridgehead atoms. The van der Waals surface area contributed by atoms with Gasteiger partial charge < -0.3 is 10.6 Å². The molecular formula is C19H25N3O3. The van der Waals surface area contributed by atoms with Crippen molar-refractivity contribution in [3.8, 4) is 0 Å². The van der Waals surface area contributed by atoms with E-state index in [4.69, 9.17) is 0 Å². The number of nitrogens with one attached hydrogen (secondary N) is 2. The quantitative estimate of drug-likeness (QED) is 0.805. The van der Waals surface area contributed by atoms with Crippen LogP contribution < -0.4 is 10.6 Å². The third-order valence-corrected chi connectivity index (χ3v) is 5.36. The average molecular weight is 343 g/mol. The third-order valence-electron chi connectivity index (χ3n) is 5.36. The number of rotatable bonds is 5. The van der Waals surface area contributed by atoms with Gasteiger partial charge in [-0.2, -0.15) is 0 Å². The molecule has 1 aromatic rings. The van der Waals surface area contributed by atoms with Gasteiger partial charge in [0, 0.05) is 6.54 Å².